The summed E-state index contributed by atoms with van der Waals surface area (Å²) in [5.41, 5.74) is 2.25. The number of halogens is 2. The Kier molecular flexibility index (Phi) is 5.80. The summed E-state index contributed by atoms with van der Waals surface area (Å²) >= 11 is 9.88. The number of benzene rings is 1. The molecule has 1 saturated carbocycles. The lowest BCUT2D eigenvalue weighted by Gasteiger charge is -2.21. The summed E-state index contributed by atoms with van der Waals surface area (Å²) in [4.78, 5) is 0. The topological polar surface area (TPSA) is 12.0 Å². The summed E-state index contributed by atoms with van der Waals surface area (Å²) in [6.07, 6.45) is 6.58. The van der Waals surface area contributed by atoms with E-state index in [9.17, 15) is 0 Å². The summed E-state index contributed by atoms with van der Waals surface area (Å²) in [5.74, 6) is 1.71. The van der Waals surface area contributed by atoms with Gasteiger partial charge in [0, 0.05) is 15.5 Å². The maximum Gasteiger partial charge on any atom is 0.0501 e. The fourth-order valence-electron chi connectivity index (χ4n) is 3.12. The fourth-order valence-corrected chi connectivity index (χ4v) is 3.85. The number of hydrogen-bond donors (Lipinski definition) is 1. The van der Waals surface area contributed by atoms with Gasteiger partial charge in [-0.05, 0) is 71.6 Å². The van der Waals surface area contributed by atoms with E-state index in [1.54, 1.807) is 0 Å². The normalized spacial score (nSPS) is 23.7. The van der Waals surface area contributed by atoms with Crippen LogP contribution in [0.1, 0.15) is 51.5 Å². The van der Waals surface area contributed by atoms with Gasteiger partial charge in [-0.15, -0.1) is 0 Å². The van der Waals surface area contributed by atoms with Crippen molar-refractivity contribution in [2.75, 3.05) is 5.32 Å². The Balaban J connectivity index is 2.02. The van der Waals surface area contributed by atoms with Gasteiger partial charge in [-0.1, -0.05) is 38.3 Å². The Labute approximate surface area is 136 Å². The summed E-state index contributed by atoms with van der Waals surface area (Å²) < 4.78 is 1.11. The van der Waals surface area contributed by atoms with Crippen molar-refractivity contribution in [2.45, 2.75) is 58.9 Å². The van der Waals surface area contributed by atoms with Crippen molar-refractivity contribution >= 4 is 33.2 Å². The highest BCUT2D eigenvalue weighted by Crippen LogP contribution is 2.33. The zero-order valence-electron chi connectivity index (χ0n) is 12.7. The standard InChI is InChI=1S/C17H25BrClN/c1-11(2)13-5-4-6-14(8-7-13)20-17-10-16(19)12(3)9-15(17)18/h9-11,13-14,20H,4-8H2,1-3H3. The van der Waals surface area contributed by atoms with E-state index in [4.69, 9.17) is 11.6 Å². The molecule has 1 aliphatic rings. The molecule has 1 N–H and O–H groups in total. The molecule has 0 spiro atoms. The van der Waals surface area contributed by atoms with Gasteiger partial charge in [-0.3, -0.25) is 0 Å². The Hall–Kier alpha value is -0.210. The third-order valence-corrected chi connectivity index (χ3v) is 5.63. The highest BCUT2D eigenvalue weighted by atomic mass is 79.9. The molecule has 0 aliphatic heterocycles. The van der Waals surface area contributed by atoms with E-state index in [0.717, 1.165) is 32.6 Å². The van der Waals surface area contributed by atoms with Crippen LogP contribution in [0.3, 0.4) is 0 Å². The molecule has 1 aromatic rings. The van der Waals surface area contributed by atoms with E-state index in [1.807, 2.05) is 13.0 Å². The van der Waals surface area contributed by atoms with Gasteiger partial charge in [0.25, 0.3) is 0 Å². The molecule has 0 saturated heterocycles. The average molecular weight is 359 g/mol. The molecule has 0 heterocycles. The Morgan fingerprint density at radius 2 is 1.95 bits per heavy atom. The minimum absolute atomic E-state index is 0.578. The van der Waals surface area contributed by atoms with Crippen LogP contribution in [0.4, 0.5) is 5.69 Å². The molecule has 20 heavy (non-hydrogen) atoms. The van der Waals surface area contributed by atoms with Crippen LogP contribution in [0, 0.1) is 18.8 Å². The highest BCUT2D eigenvalue weighted by Gasteiger charge is 2.21. The summed E-state index contributed by atoms with van der Waals surface area (Å²) in [5, 5.41) is 4.52. The predicted molar refractivity (Wildman–Crippen MR) is 92.7 cm³/mol. The van der Waals surface area contributed by atoms with Crippen LogP contribution < -0.4 is 5.32 Å². The van der Waals surface area contributed by atoms with E-state index in [2.05, 4.69) is 41.2 Å². The van der Waals surface area contributed by atoms with Crippen LogP contribution in [-0.2, 0) is 0 Å². The highest BCUT2D eigenvalue weighted by molar-refractivity contribution is 9.10. The molecule has 2 atom stereocenters. The van der Waals surface area contributed by atoms with Gasteiger partial charge in [-0.2, -0.15) is 0 Å². The van der Waals surface area contributed by atoms with Crippen molar-refractivity contribution in [3.63, 3.8) is 0 Å². The summed E-state index contributed by atoms with van der Waals surface area (Å²) in [6, 6.07) is 4.72. The van der Waals surface area contributed by atoms with Gasteiger partial charge in [0.1, 0.15) is 0 Å². The number of nitrogens with one attached hydrogen (secondary N) is 1. The molecule has 0 radical (unpaired) electrons. The van der Waals surface area contributed by atoms with Gasteiger partial charge in [0.15, 0.2) is 0 Å². The molecular formula is C17H25BrClN. The van der Waals surface area contributed by atoms with Crippen molar-refractivity contribution < 1.29 is 0 Å². The van der Waals surface area contributed by atoms with Crippen LogP contribution >= 0.6 is 27.5 Å². The second-order valence-corrected chi connectivity index (χ2v) is 7.70. The molecule has 0 bridgehead atoms. The van der Waals surface area contributed by atoms with Crippen molar-refractivity contribution in [3.05, 3.63) is 27.2 Å². The molecule has 2 rings (SSSR count). The zero-order chi connectivity index (χ0) is 14.7. The third kappa shape index (κ3) is 4.14. The predicted octanol–water partition coefficient (Wildman–Crippen LogP) is 6.43. The Morgan fingerprint density at radius 1 is 1.20 bits per heavy atom. The van der Waals surface area contributed by atoms with Gasteiger partial charge in [-0.25, -0.2) is 0 Å². The summed E-state index contributed by atoms with van der Waals surface area (Å²) in [7, 11) is 0. The van der Waals surface area contributed by atoms with Crippen LogP contribution in [0.5, 0.6) is 0 Å². The molecular weight excluding hydrogens is 334 g/mol. The number of hydrogen-bond acceptors (Lipinski definition) is 1. The SMILES string of the molecule is Cc1cc(Br)c(NC2CCCC(C(C)C)CC2)cc1Cl. The van der Waals surface area contributed by atoms with E-state index in [-0.39, 0.29) is 0 Å². The Morgan fingerprint density at radius 3 is 2.65 bits per heavy atom. The first kappa shape index (κ1) is 16.2. The lowest BCUT2D eigenvalue weighted by molar-refractivity contribution is 0.341. The molecule has 3 heteroatoms. The van der Waals surface area contributed by atoms with E-state index >= 15 is 0 Å². The molecule has 1 aliphatic carbocycles. The Bertz CT molecular complexity index is 459. The average Bonchev–Trinajstić information content (AvgIpc) is 2.61. The van der Waals surface area contributed by atoms with Crippen molar-refractivity contribution in [3.8, 4) is 0 Å². The van der Waals surface area contributed by atoms with Crippen molar-refractivity contribution in [2.24, 2.45) is 11.8 Å². The quantitative estimate of drug-likeness (QED) is 0.614. The first-order valence-corrected chi connectivity index (χ1v) is 8.86. The monoisotopic (exact) mass is 357 g/mol. The van der Waals surface area contributed by atoms with Crippen LogP contribution in [0.25, 0.3) is 0 Å². The number of anilines is 1. The second kappa shape index (κ2) is 7.17. The van der Waals surface area contributed by atoms with Gasteiger partial charge in [0.2, 0.25) is 0 Å². The molecule has 1 aromatic carbocycles. The maximum atomic E-state index is 6.24. The molecule has 1 nitrogen and oxygen atoms in total. The fraction of sp³-hybridized carbons (Fsp3) is 0.647. The largest absolute Gasteiger partial charge is 0.381 e. The number of rotatable bonds is 3. The smallest absolute Gasteiger partial charge is 0.0501 e. The van der Waals surface area contributed by atoms with E-state index in [1.165, 1.54) is 32.1 Å². The van der Waals surface area contributed by atoms with Crippen molar-refractivity contribution in [1.82, 2.24) is 0 Å². The summed E-state index contributed by atoms with van der Waals surface area (Å²) in [6.45, 7) is 6.75. The van der Waals surface area contributed by atoms with E-state index in [0.29, 0.717) is 6.04 Å². The first-order valence-electron chi connectivity index (χ1n) is 7.69. The molecule has 0 aromatic heterocycles. The third-order valence-electron chi connectivity index (χ3n) is 4.56. The van der Waals surface area contributed by atoms with Gasteiger partial charge >= 0.3 is 0 Å². The van der Waals surface area contributed by atoms with Crippen molar-refractivity contribution in [1.29, 1.82) is 0 Å². The van der Waals surface area contributed by atoms with Gasteiger partial charge in [0.05, 0.1) is 5.69 Å². The molecule has 112 valence electrons. The van der Waals surface area contributed by atoms with E-state index < -0.39 is 0 Å². The van der Waals surface area contributed by atoms with Crippen LogP contribution in [0.2, 0.25) is 5.02 Å². The minimum Gasteiger partial charge on any atom is -0.381 e. The first-order chi connectivity index (χ1) is 9.47. The number of aryl methyl sites for hydroxylation is 1. The molecule has 2 unspecified atom stereocenters. The second-order valence-electron chi connectivity index (χ2n) is 6.43. The van der Waals surface area contributed by atoms with Crippen LogP contribution in [-0.4, -0.2) is 6.04 Å². The molecule has 1 fully saturated rings. The lowest BCUT2D eigenvalue weighted by Crippen LogP contribution is -2.19. The van der Waals surface area contributed by atoms with Gasteiger partial charge < -0.3 is 5.32 Å². The lowest BCUT2D eigenvalue weighted by atomic mass is 9.89. The maximum absolute atomic E-state index is 6.24. The zero-order valence-corrected chi connectivity index (χ0v) is 15.0. The van der Waals surface area contributed by atoms with Crippen LogP contribution in [0.15, 0.2) is 16.6 Å². The minimum atomic E-state index is 0.578. The molecule has 0 amide bonds.